The first-order chi connectivity index (χ1) is 14.5. The zero-order valence-electron chi connectivity index (χ0n) is 18.8. The molecule has 1 aromatic rings. The molecule has 4 atom stereocenters. The molecule has 4 unspecified atom stereocenters. The standard InChI is InChI=1S/C23H37N4.2ClH.Fe/c1-5-19-11-9-12-20(6-2)23(19)24-17(3)21-13-10-14-22(25-21)18(4)26-27-15-7-8-16-27;;;/h7-8,15-16,19-23H,5-6,9-14H2,1-4H3;2*1H;/q-1;;;+3/p-2/b24-17?,26-18+;;;. The van der Waals surface area contributed by atoms with Gasteiger partial charge in [0, 0.05) is 18.1 Å². The van der Waals surface area contributed by atoms with Crippen molar-refractivity contribution in [3.05, 3.63) is 29.8 Å². The molecule has 0 aromatic carbocycles. The summed E-state index contributed by atoms with van der Waals surface area (Å²) in [6, 6.07) is 5.03. The maximum atomic E-state index is 5.31. The molecule has 1 aromatic heterocycles. The quantitative estimate of drug-likeness (QED) is 0.290. The molecule has 2 fully saturated rings. The van der Waals surface area contributed by atoms with Gasteiger partial charge in [-0.3, -0.25) is 4.99 Å². The zero-order chi connectivity index (χ0) is 21.9. The van der Waals surface area contributed by atoms with Crippen molar-refractivity contribution >= 4 is 31.6 Å². The topological polar surface area (TPSA) is 43.8 Å². The van der Waals surface area contributed by atoms with Gasteiger partial charge in [-0.1, -0.05) is 64.5 Å². The number of hydrogen-bond donors (Lipinski definition) is 0. The third kappa shape index (κ3) is 7.67. The first-order valence-electron chi connectivity index (χ1n) is 11.3. The molecule has 7 heteroatoms. The van der Waals surface area contributed by atoms with E-state index < -0.39 is 0 Å². The van der Waals surface area contributed by atoms with E-state index in [1.807, 2.05) is 29.2 Å². The molecule has 171 valence electrons. The first kappa shape index (κ1) is 25.9. The molecular formula is C23H37Cl2FeN4. The fourth-order valence-corrected chi connectivity index (χ4v) is 4.94. The Hall–Kier alpha value is -0.321. The summed E-state index contributed by atoms with van der Waals surface area (Å²) in [4.78, 5) is 5.31. The summed E-state index contributed by atoms with van der Waals surface area (Å²) in [7, 11) is 9.53. The van der Waals surface area contributed by atoms with Gasteiger partial charge in [0.1, 0.15) is 0 Å². The fraction of sp³-hybridized carbons (Fsp3) is 0.739. The van der Waals surface area contributed by atoms with E-state index in [4.69, 9.17) is 35.6 Å². The van der Waals surface area contributed by atoms with Crippen molar-refractivity contribution in [3.63, 3.8) is 0 Å². The molecule has 1 aliphatic heterocycles. The van der Waals surface area contributed by atoms with E-state index in [2.05, 4.69) is 27.7 Å². The van der Waals surface area contributed by atoms with Crippen LogP contribution in [0.25, 0.3) is 5.32 Å². The average Bonchev–Trinajstić information content (AvgIpc) is 3.27. The summed E-state index contributed by atoms with van der Waals surface area (Å²) in [6.07, 6.45) is 14.0. The van der Waals surface area contributed by atoms with E-state index in [9.17, 15) is 0 Å². The van der Waals surface area contributed by atoms with Crippen LogP contribution < -0.4 is 0 Å². The Morgan fingerprint density at radius 3 is 1.97 bits per heavy atom. The summed E-state index contributed by atoms with van der Waals surface area (Å²) >= 11 is 0.194. The van der Waals surface area contributed by atoms with E-state index in [0.717, 1.165) is 30.4 Å². The summed E-state index contributed by atoms with van der Waals surface area (Å²) in [6.45, 7) is 9.01. The SMILES string of the molecule is CCC1CCCC(CC)C1N=C(C)C1CCCC(/C(C)=N/n2cccc2)[N-]1.[Cl][Fe+][Cl]. The van der Waals surface area contributed by atoms with Crippen LogP contribution in [0.5, 0.6) is 0 Å². The van der Waals surface area contributed by atoms with Crippen LogP contribution in [0.1, 0.15) is 79.1 Å². The van der Waals surface area contributed by atoms with Gasteiger partial charge in [0.25, 0.3) is 0 Å². The maximum absolute atomic E-state index is 5.31. The van der Waals surface area contributed by atoms with Crippen molar-refractivity contribution in [3.8, 4) is 0 Å². The van der Waals surface area contributed by atoms with Crippen LogP contribution in [0.4, 0.5) is 0 Å². The first-order valence-corrected chi connectivity index (χ1v) is 14.4. The minimum absolute atomic E-state index is 0.194. The number of aromatic nitrogens is 1. The van der Waals surface area contributed by atoms with Crippen molar-refractivity contribution in [2.45, 2.75) is 97.2 Å². The van der Waals surface area contributed by atoms with Crippen molar-refractivity contribution in [2.75, 3.05) is 0 Å². The Morgan fingerprint density at radius 2 is 1.43 bits per heavy atom. The number of aliphatic imine (C=N–C) groups is 1. The second-order valence-corrected chi connectivity index (χ2v) is 10.3. The molecule has 1 saturated heterocycles. The van der Waals surface area contributed by atoms with Crippen LogP contribution in [0.15, 0.2) is 34.6 Å². The number of rotatable bonds is 6. The normalized spacial score (nSPS) is 30.5. The second-order valence-electron chi connectivity index (χ2n) is 8.50. The summed E-state index contributed by atoms with van der Waals surface area (Å²) in [5.41, 5.74) is 2.37. The average molecular weight is 496 g/mol. The molecule has 4 nitrogen and oxygen atoms in total. The number of piperidine rings is 1. The van der Waals surface area contributed by atoms with Gasteiger partial charge in [0.05, 0.1) is 6.04 Å². The summed E-state index contributed by atoms with van der Waals surface area (Å²) in [5.74, 6) is 1.52. The second kappa shape index (κ2) is 14.0. The van der Waals surface area contributed by atoms with Gasteiger partial charge in [0.2, 0.25) is 0 Å². The molecule has 1 aliphatic carbocycles. The Bertz CT molecular complexity index is 650. The third-order valence-corrected chi connectivity index (χ3v) is 6.66. The predicted octanol–water partition coefficient (Wildman–Crippen LogP) is 7.45. The molecule has 0 bridgehead atoms. The van der Waals surface area contributed by atoms with Gasteiger partial charge >= 0.3 is 33.3 Å². The molecule has 0 N–H and O–H groups in total. The molecule has 2 aliphatic rings. The molecule has 1 saturated carbocycles. The molecule has 2 heterocycles. The van der Waals surface area contributed by atoms with Gasteiger partial charge in [-0.2, -0.15) is 5.10 Å². The Labute approximate surface area is 197 Å². The van der Waals surface area contributed by atoms with Crippen LogP contribution in [-0.2, 0) is 13.1 Å². The van der Waals surface area contributed by atoms with Crippen molar-refractivity contribution in [2.24, 2.45) is 21.9 Å². The Kier molecular flexibility index (Phi) is 12.1. The Morgan fingerprint density at radius 1 is 0.933 bits per heavy atom. The molecular weight excluding hydrogens is 459 g/mol. The van der Waals surface area contributed by atoms with Crippen LogP contribution in [-0.4, -0.2) is 34.2 Å². The van der Waals surface area contributed by atoms with E-state index in [1.165, 1.54) is 44.2 Å². The summed E-state index contributed by atoms with van der Waals surface area (Å²) < 4.78 is 1.88. The number of halogens is 2. The minimum atomic E-state index is 0.194. The van der Waals surface area contributed by atoms with E-state index in [0.29, 0.717) is 6.04 Å². The van der Waals surface area contributed by atoms with Gasteiger partial charge in [-0.25, -0.2) is 4.68 Å². The van der Waals surface area contributed by atoms with Crippen LogP contribution in [0.3, 0.4) is 0 Å². The van der Waals surface area contributed by atoms with Crippen LogP contribution in [0, 0.1) is 11.8 Å². The molecule has 0 spiro atoms. The third-order valence-electron chi connectivity index (χ3n) is 6.66. The molecule has 30 heavy (non-hydrogen) atoms. The van der Waals surface area contributed by atoms with E-state index in [1.54, 1.807) is 0 Å². The molecule has 3 rings (SSSR count). The molecule has 0 radical (unpaired) electrons. The van der Waals surface area contributed by atoms with Gasteiger partial charge < -0.3 is 5.32 Å². The van der Waals surface area contributed by atoms with Gasteiger partial charge in [0.15, 0.2) is 0 Å². The monoisotopic (exact) mass is 495 g/mol. The fourth-order valence-electron chi connectivity index (χ4n) is 4.94. The Balaban J connectivity index is 0.00000101. The summed E-state index contributed by atoms with van der Waals surface area (Å²) in [5, 5.41) is 9.86. The van der Waals surface area contributed by atoms with Crippen molar-refractivity contribution in [1.29, 1.82) is 0 Å². The van der Waals surface area contributed by atoms with Crippen molar-refractivity contribution in [1.82, 2.24) is 4.68 Å². The predicted molar refractivity (Wildman–Crippen MR) is 128 cm³/mol. The molecule has 0 amide bonds. The van der Waals surface area contributed by atoms with E-state index >= 15 is 0 Å². The van der Waals surface area contributed by atoms with Crippen LogP contribution in [0.2, 0.25) is 0 Å². The zero-order valence-corrected chi connectivity index (χ0v) is 21.4. The van der Waals surface area contributed by atoms with Gasteiger partial charge in [-0.05, 0) is 56.4 Å². The van der Waals surface area contributed by atoms with E-state index in [-0.39, 0.29) is 25.2 Å². The van der Waals surface area contributed by atoms with Crippen LogP contribution >= 0.6 is 20.2 Å². The number of nitrogens with zero attached hydrogens (tertiary/aromatic N) is 4. The number of hydrogen-bond acceptors (Lipinski definition) is 2. The van der Waals surface area contributed by atoms with Gasteiger partial charge in [-0.15, -0.1) is 0 Å². The van der Waals surface area contributed by atoms with Crippen molar-refractivity contribution < 1.29 is 13.1 Å².